The number of phenols is 1. The van der Waals surface area contributed by atoms with Crippen LogP contribution in [0.4, 0.5) is 17.1 Å². The monoisotopic (exact) mass is 590 g/mol. The number of nitrogens with zero attached hydrogens (tertiary/aromatic N) is 1. The van der Waals surface area contributed by atoms with Crippen molar-refractivity contribution in [3.05, 3.63) is 100 Å². The molecule has 44 heavy (non-hydrogen) atoms. The molecule has 2 heterocycles. The van der Waals surface area contributed by atoms with Gasteiger partial charge in [-0.1, -0.05) is 35.4 Å². The number of rotatable bonds is 7. The maximum atomic E-state index is 14.0. The van der Waals surface area contributed by atoms with Gasteiger partial charge in [0.2, 0.25) is 11.8 Å². The third kappa shape index (κ3) is 5.72. The Morgan fingerprint density at radius 1 is 0.977 bits per heavy atom. The van der Waals surface area contributed by atoms with Crippen molar-refractivity contribution in [2.75, 3.05) is 10.2 Å². The van der Waals surface area contributed by atoms with Crippen LogP contribution in [0.1, 0.15) is 49.8 Å². The van der Waals surface area contributed by atoms with Crippen LogP contribution in [0.5, 0.6) is 5.75 Å². The molecule has 0 bridgehead atoms. The number of carbonyl (C=O) groups excluding carboxylic acids is 2. The van der Waals surface area contributed by atoms with E-state index in [1.807, 2.05) is 87.5 Å². The third-order valence-corrected chi connectivity index (χ3v) is 9.37. The van der Waals surface area contributed by atoms with Crippen LogP contribution < -0.4 is 10.2 Å². The molecule has 1 aliphatic carbocycles. The number of benzene rings is 3. The molecule has 8 heteroatoms. The summed E-state index contributed by atoms with van der Waals surface area (Å²) in [6, 6.07) is 21.2. The van der Waals surface area contributed by atoms with Crippen LogP contribution in [0.15, 0.2) is 83.4 Å². The highest BCUT2D eigenvalue weighted by Crippen LogP contribution is 2.51. The zero-order valence-corrected chi connectivity index (χ0v) is 25.7. The summed E-state index contributed by atoms with van der Waals surface area (Å²) >= 11 is 0. The molecule has 3 aromatic carbocycles. The average Bonchev–Trinajstić information content (AvgIpc) is 3.24. The topological polar surface area (TPSA) is 99.1 Å². The molecule has 3 N–H and O–H groups in total. The Labute approximate surface area is 259 Å². The van der Waals surface area contributed by atoms with Gasteiger partial charge in [0.1, 0.15) is 5.75 Å². The summed E-state index contributed by atoms with van der Waals surface area (Å²) in [7, 11) is -0.993. The lowest BCUT2D eigenvalue weighted by Crippen LogP contribution is -2.46. The van der Waals surface area contributed by atoms with Crippen LogP contribution in [0.2, 0.25) is 6.32 Å². The summed E-state index contributed by atoms with van der Waals surface area (Å²) in [6.45, 7) is 7.91. The third-order valence-electron chi connectivity index (χ3n) is 9.37. The number of aromatic hydroxyl groups is 1. The Morgan fingerprint density at radius 3 is 2.32 bits per heavy atom. The van der Waals surface area contributed by atoms with Crippen LogP contribution in [0, 0.1) is 31.6 Å². The molecule has 0 unspecified atom stereocenters. The number of imide groups is 1. The van der Waals surface area contributed by atoms with Gasteiger partial charge in [0.15, 0.2) is 0 Å². The SMILES string of the molecule is CC1=C2[C@@H](CC/C(C)=C/c3cc(C)c(O)c(C)c3)OB(O)C[C@@H]2[C@@H]2C(=O)N(c3ccc(Nc4ccccc4)cc3)C(=O)[C@@H]2C1. The molecular formula is C36H39BN2O5. The van der Waals surface area contributed by atoms with Gasteiger partial charge < -0.3 is 20.1 Å². The lowest BCUT2D eigenvalue weighted by atomic mass is 9.59. The molecule has 7 nitrogen and oxygen atoms in total. The number of hydrogen-bond donors (Lipinski definition) is 3. The number of amides is 2. The van der Waals surface area contributed by atoms with Crippen LogP contribution in [0.3, 0.4) is 0 Å². The summed E-state index contributed by atoms with van der Waals surface area (Å²) in [5.41, 5.74) is 8.43. The molecule has 3 aromatic rings. The van der Waals surface area contributed by atoms with E-state index in [4.69, 9.17) is 4.65 Å². The molecule has 6 rings (SSSR count). The van der Waals surface area contributed by atoms with Crippen molar-refractivity contribution >= 4 is 42.1 Å². The summed E-state index contributed by atoms with van der Waals surface area (Å²) in [6.07, 6.45) is 4.02. The number of hydrogen-bond acceptors (Lipinski definition) is 6. The predicted octanol–water partition coefficient (Wildman–Crippen LogP) is 6.96. The average molecular weight is 591 g/mol. The van der Waals surface area contributed by atoms with Crippen LogP contribution in [0.25, 0.3) is 6.08 Å². The highest BCUT2D eigenvalue weighted by molar-refractivity contribution is 6.43. The standard InChI is InChI=1S/C36H39BN2O5/c1-21(16-25-17-23(3)34(40)24(4)18-25)10-15-31-32-22(2)19-29-33(30(32)20-37(43)44-31)36(42)39(35(29)41)28-13-11-27(12-14-28)38-26-8-6-5-7-9-26/h5-9,11-14,16-18,29-31,33,38,40,43H,10,15,19-20H2,1-4H3/b21-16+/t29-,30+,31-,33-/m1/s1. The summed E-state index contributed by atoms with van der Waals surface area (Å²) in [5.74, 6) is -1.23. The van der Waals surface area contributed by atoms with Gasteiger partial charge in [-0.15, -0.1) is 0 Å². The second-order valence-corrected chi connectivity index (χ2v) is 12.6. The highest BCUT2D eigenvalue weighted by Gasteiger charge is 2.57. The van der Waals surface area contributed by atoms with E-state index in [0.717, 1.165) is 51.2 Å². The fourth-order valence-corrected chi connectivity index (χ4v) is 7.34. The first-order valence-corrected chi connectivity index (χ1v) is 15.4. The Hall–Kier alpha value is -4.14. The number of phenolic OH excluding ortho intramolecular Hbond substituents is 1. The number of fused-ring (bicyclic) bond motifs is 3. The lowest BCUT2D eigenvalue weighted by Gasteiger charge is -2.42. The minimum Gasteiger partial charge on any atom is -0.507 e. The second-order valence-electron chi connectivity index (χ2n) is 12.6. The van der Waals surface area contributed by atoms with Crippen molar-refractivity contribution < 1.29 is 24.4 Å². The smallest absolute Gasteiger partial charge is 0.455 e. The first-order chi connectivity index (χ1) is 21.1. The van der Waals surface area contributed by atoms with Gasteiger partial charge in [0.05, 0.1) is 23.6 Å². The minimum atomic E-state index is -0.993. The molecule has 2 saturated heterocycles. The molecule has 0 spiro atoms. The zero-order chi connectivity index (χ0) is 31.1. The van der Waals surface area contributed by atoms with Gasteiger partial charge in [-0.05, 0) is 130 Å². The molecule has 2 aliphatic heterocycles. The number of carbonyl (C=O) groups is 2. The van der Waals surface area contributed by atoms with E-state index in [9.17, 15) is 19.7 Å². The van der Waals surface area contributed by atoms with Crippen molar-refractivity contribution in [2.45, 2.75) is 59.4 Å². The fraction of sp³-hybridized carbons (Fsp3) is 0.333. The quantitative estimate of drug-likeness (QED) is 0.156. The molecule has 0 saturated carbocycles. The first kappa shape index (κ1) is 29.9. The van der Waals surface area contributed by atoms with Gasteiger partial charge in [-0.3, -0.25) is 14.5 Å². The Bertz CT molecular complexity index is 1630. The zero-order valence-electron chi connectivity index (χ0n) is 25.7. The second kappa shape index (κ2) is 12.1. The molecule has 226 valence electrons. The van der Waals surface area contributed by atoms with Crippen molar-refractivity contribution in [2.24, 2.45) is 17.8 Å². The number of nitrogens with one attached hydrogen (secondary N) is 1. The highest BCUT2D eigenvalue weighted by atomic mass is 16.5. The number of anilines is 3. The molecule has 2 amide bonds. The molecular weight excluding hydrogens is 551 g/mol. The van der Waals surface area contributed by atoms with E-state index in [0.29, 0.717) is 30.6 Å². The number of allylic oxidation sites excluding steroid dienone is 2. The predicted molar refractivity (Wildman–Crippen MR) is 175 cm³/mol. The number of aryl methyl sites for hydroxylation is 2. The van der Waals surface area contributed by atoms with E-state index >= 15 is 0 Å². The normalized spacial score (nSPS) is 23.6. The summed E-state index contributed by atoms with van der Waals surface area (Å²) in [5, 5.41) is 24.3. The Balaban J connectivity index is 1.19. The Morgan fingerprint density at radius 2 is 1.64 bits per heavy atom. The van der Waals surface area contributed by atoms with Gasteiger partial charge in [0.25, 0.3) is 0 Å². The van der Waals surface area contributed by atoms with Gasteiger partial charge in [0, 0.05) is 11.4 Å². The molecule has 4 atom stereocenters. The van der Waals surface area contributed by atoms with E-state index in [1.54, 1.807) is 0 Å². The summed E-state index contributed by atoms with van der Waals surface area (Å²) in [4.78, 5) is 29.0. The number of para-hydroxylation sites is 1. The van der Waals surface area contributed by atoms with Crippen molar-refractivity contribution in [3.63, 3.8) is 0 Å². The van der Waals surface area contributed by atoms with Crippen LogP contribution in [-0.2, 0) is 14.2 Å². The lowest BCUT2D eigenvalue weighted by molar-refractivity contribution is -0.122. The van der Waals surface area contributed by atoms with E-state index in [1.165, 1.54) is 4.90 Å². The minimum absolute atomic E-state index is 0.169. The first-order valence-electron chi connectivity index (χ1n) is 15.4. The van der Waals surface area contributed by atoms with Gasteiger partial charge in [-0.2, -0.15) is 0 Å². The molecule has 3 aliphatic rings. The summed E-state index contributed by atoms with van der Waals surface area (Å²) < 4.78 is 6.09. The van der Waals surface area contributed by atoms with Crippen molar-refractivity contribution in [3.8, 4) is 5.75 Å². The van der Waals surface area contributed by atoms with E-state index in [2.05, 4.69) is 18.3 Å². The maximum Gasteiger partial charge on any atom is 0.455 e. The van der Waals surface area contributed by atoms with Crippen molar-refractivity contribution in [1.82, 2.24) is 0 Å². The largest absolute Gasteiger partial charge is 0.507 e. The van der Waals surface area contributed by atoms with Crippen molar-refractivity contribution in [1.29, 1.82) is 0 Å². The van der Waals surface area contributed by atoms with Gasteiger partial charge >= 0.3 is 7.12 Å². The fourth-order valence-electron chi connectivity index (χ4n) is 7.34. The van der Waals surface area contributed by atoms with Gasteiger partial charge in [-0.25, -0.2) is 0 Å². The Kier molecular flexibility index (Phi) is 8.23. The van der Waals surface area contributed by atoms with E-state index in [-0.39, 0.29) is 23.8 Å². The molecule has 0 radical (unpaired) electrons. The molecule has 0 aromatic heterocycles. The van der Waals surface area contributed by atoms with Crippen LogP contribution in [-0.4, -0.2) is 35.2 Å². The van der Waals surface area contributed by atoms with Crippen LogP contribution >= 0.6 is 0 Å². The van der Waals surface area contributed by atoms with E-state index < -0.39 is 19.0 Å². The maximum absolute atomic E-state index is 14.0. The molecule has 2 fully saturated rings.